The van der Waals surface area contributed by atoms with Crippen molar-refractivity contribution in [2.75, 3.05) is 20.8 Å². The van der Waals surface area contributed by atoms with Crippen molar-refractivity contribution in [3.63, 3.8) is 0 Å². The van der Waals surface area contributed by atoms with E-state index in [9.17, 15) is 14.9 Å². The third-order valence-corrected chi connectivity index (χ3v) is 10.6. The van der Waals surface area contributed by atoms with Crippen molar-refractivity contribution in [1.29, 1.82) is 0 Å². The minimum atomic E-state index is -2.68. The van der Waals surface area contributed by atoms with Gasteiger partial charge in [-0.3, -0.25) is 14.9 Å². The average Bonchev–Trinajstić information content (AvgIpc) is 3.13. The number of esters is 1. The molecule has 51 heavy (non-hydrogen) atoms. The Hall–Kier alpha value is -3.30. The summed E-state index contributed by atoms with van der Waals surface area (Å²) < 4.78 is 30.9. The van der Waals surface area contributed by atoms with Crippen molar-refractivity contribution in [2.45, 2.75) is 13.3 Å². The van der Waals surface area contributed by atoms with Crippen LogP contribution in [0, 0.1) is 22.6 Å². The second-order valence-electron chi connectivity index (χ2n) is 7.47. The lowest BCUT2D eigenvalue weighted by Gasteiger charge is -2.22. The number of carbonyl (C=O) groups excluding carboxylic acids is 5. The van der Waals surface area contributed by atoms with Crippen molar-refractivity contribution >= 4 is 103 Å². The molecule has 0 heterocycles. The molecular formula is C30H34ClINO13P2S3-. The van der Waals surface area contributed by atoms with Gasteiger partial charge >= 0.3 is 18.8 Å². The number of terminal acetylenes is 1. The predicted octanol–water partition coefficient (Wildman–Crippen LogP) is 3.69. The topological polar surface area (TPSA) is 184 Å². The summed E-state index contributed by atoms with van der Waals surface area (Å²) in [6, 6.07) is 22.2. The molecule has 0 aliphatic carbocycles. The van der Waals surface area contributed by atoms with E-state index >= 15 is 0 Å². The standard InChI is InChI=1S/C14H14NO4PS.C8H10ClO3PS.C5H4O2S.CO2.2CH2O.HI.H2/c1-2-18-20(21,14-6-4-3-5-7-14)19-13-10-8-12(9-11-13)15(16)17;1-10-13(14,11-2)12-8-6-4-3-5-7(8)9;1-2-7-5(6)3-4-8;2-1-3;2*1-2;;/h3-11H,2H2,1H3;3-6H,1-2H3;1,4H,3H2;;2*1H2;2*1H/p-1. The number of nitro groups is 1. The molecule has 0 spiro atoms. The summed E-state index contributed by atoms with van der Waals surface area (Å²) in [5.74, 6) is 0.449. The number of thiocarbonyl (C=S) groups is 1. The lowest BCUT2D eigenvalue weighted by Crippen LogP contribution is -3.00. The summed E-state index contributed by atoms with van der Waals surface area (Å²) >= 11 is 20.8. The summed E-state index contributed by atoms with van der Waals surface area (Å²) in [7, 11) is 2.89. The van der Waals surface area contributed by atoms with Crippen LogP contribution in [0.1, 0.15) is 14.8 Å². The molecule has 0 fully saturated rings. The molecule has 3 rings (SSSR count). The Labute approximate surface area is 334 Å². The van der Waals surface area contributed by atoms with Crippen LogP contribution in [-0.4, -0.2) is 56.8 Å². The molecule has 3 aromatic carbocycles. The van der Waals surface area contributed by atoms with Gasteiger partial charge in [0.2, 0.25) is 0 Å². The number of hydrogen-bond donors (Lipinski definition) is 0. The van der Waals surface area contributed by atoms with Gasteiger partial charge in [0, 0.05) is 44.9 Å². The first kappa shape index (κ1) is 54.5. The Morgan fingerprint density at radius 1 is 0.961 bits per heavy atom. The molecule has 3 aromatic rings. The van der Waals surface area contributed by atoms with Gasteiger partial charge in [0.1, 0.15) is 31.2 Å². The smallest absolute Gasteiger partial charge is 0.380 e. The Bertz CT molecular complexity index is 1610. The van der Waals surface area contributed by atoms with E-state index in [1.165, 1.54) is 43.9 Å². The number of para-hydroxylation sites is 1. The van der Waals surface area contributed by atoms with Crippen LogP contribution in [0.2, 0.25) is 5.02 Å². The molecule has 1 unspecified atom stereocenters. The number of non-ortho nitro benzene ring substituents is 1. The maximum Gasteiger partial charge on any atom is 0.380 e. The van der Waals surface area contributed by atoms with E-state index in [1.807, 2.05) is 50.8 Å². The maximum atomic E-state index is 10.6. The van der Waals surface area contributed by atoms with Gasteiger partial charge in [-0.1, -0.05) is 60.6 Å². The number of halogens is 2. The molecule has 0 bridgehead atoms. The van der Waals surface area contributed by atoms with Gasteiger partial charge < -0.3 is 60.9 Å². The molecule has 21 heteroatoms. The van der Waals surface area contributed by atoms with Crippen molar-refractivity contribution in [3.8, 4) is 24.0 Å². The van der Waals surface area contributed by atoms with Crippen molar-refractivity contribution in [2.24, 2.45) is 0 Å². The molecular weight excluding hydrogens is 903 g/mol. The average molecular weight is 937 g/mol. The van der Waals surface area contributed by atoms with Crippen LogP contribution >= 0.6 is 37.0 Å². The zero-order valence-corrected chi connectivity index (χ0v) is 34.3. The molecule has 0 aliphatic rings. The highest BCUT2D eigenvalue weighted by atomic mass is 127. The van der Waals surface area contributed by atoms with Crippen molar-refractivity contribution in [1.82, 2.24) is 0 Å². The molecule has 1 atom stereocenters. The zero-order valence-electron chi connectivity index (χ0n) is 27.1. The fourth-order valence-corrected chi connectivity index (χ4v) is 6.49. The monoisotopic (exact) mass is 936 g/mol. The summed E-state index contributed by atoms with van der Waals surface area (Å²) in [4.78, 5) is 52.6. The molecule has 0 saturated carbocycles. The van der Waals surface area contributed by atoms with E-state index in [0.717, 1.165) is 5.30 Å². The first-order valence-electron chi connectivity index (χ1n) is 12.9. The Morgan fingerprint density at radius 2 is 1.45 bits per heavy atom. The number of carbonyl (C=O) groups is 3. The second-order valence-corrected chi connectivity index (χ2v) is 14.8. The molecule has 0 radical (unpaired) electrons. The van der Waals surface area contributed by atoms with Gasteiger partial charge in [-0.15, -0.1) is 0 Å². The molecule has 14 nitrogen and oxygen atoms in total. The minimum absolute atomic E-state index is 0. The van der Waals surface area contributed by atoms with Crippen LogP contribution in [0.25, 0.3) is 0 Å². The van der Waals surface area contributed by atoms with Crippen LogP contribution in [0.5, 0.6) is 11.5 Å². The highest BCUT2D eigenvalue weighted by Crippen LogP contribution is 2.49. The highest BCUT2D eigenvalue weighted by Gasteiger charge is 2.23. The van der Waals surface area contributed by atoms with E-state index in [4.69, 9.17) is 77.0 Å². The molecule has 0 amide bonds. The van der Waals surface area contributed by atoms with Crippen LogP contribution in [0.15, 0.2) is 78.9 Å². The first-order chi connectivity index (χ1) is 23.9. The predicted molar refractivity (Wildman–Crippen MR) is 201 cm³/mol. The van der Waals surface area contributed by atoms with E-state index in [1.54, 1.807) is 30.4 Å². The number of benzene rings is 3. The lowest BCUT2D eigenvalue weighted by atomic mass is 10.3. The zero-order chi connectivity index (χ0) is 39.0. The van der Waals surface area contributed by atoms with Gasteiger partial charge in [0.15, 0.2) is 0 Å². The second kappa shape index (κ2) is 33.8. The van der Waals surface area contributed by atoms with Crippen molar-refractivity contribution < 1.29 is 81.7 Å². The van der Waals surface area contributed by atoms with Gasteiger partial charge in [-0.2, -0.15) is 9.59 Å². The highest BCUT2D eigenvalue weighted by molar-refractivity contribution is 8.13. The van der Waals surface area contributed by atoms with Crippen LogP contribution in [0.4, 0.5) is 5.69 Å². The van der Waals surface area contributed by atoms with Crippen LogP contribution < -0.4 is 38.3 Å². The number of nitro benzene ring substituents is 1. The number of ether oxygens (including phenoxy) is 1. The lowest BCUT2D eigenvalue weighted by molar-refractivity contribution is -0.384. The third-order valence-electron chi connectivity index (χ3n) is 4.56. The summed E-state index contributed by atoms with van der Waals surface area (Å²) in [5, 5.41) is 13.2. The summed E-state index contributed by atoms with van der Waals surface area (Å²) in [6.07, 6.45) is 6.70. The molecule has 0 aromatic heterocycles. The molecule has 0 aliphatic heterocycles. The fraction of sp³-hybridized carbons (Fsp3) is 0.167. The first-order valence-corrected chi connectivity index (χ1v) is 19.0. The van der Waals surface area contributed by atoms with Crippen LogP contribution in [-0.2, 0) is 65.9 Å². The quantitative estimate of drug-likeness (QED) is 0.0487. The SMILES string of the molecule is C#COC(=O)CC=S.C=O.C=O.CCOP(=S)(Oc1ccc([N+](=O)[O-])cc1)c1ccccc1.COP(=S)(OC)Oc1ccccc1Cl.O=C=O.[HH].[I-]. The van der Waals surface area contributed by atoms with Gasteiger partial charge in [0.25, 0.3) is 12.2 Å². The molecule has 0 saturated heterocycles. The fourth-order valence-electron chi connectivity index (χ4n) is 2.67. The van der Waals surface area contributed by atoms with E-state index < -0.39 is 24.1 Å². The van der Waals surface area contributed by atoms with E-state index in [2.05, 4.69) is 23.4 Å². The largest absolute Gasteiger partial charge is 1.00 e. The Balaban J connectivity index is -0.000000206. The normalized spacial score (nSPS) is 10.0. The van der Waals surface area contributed by atoms with Gasteiger partial charge in [-0.25, -0.2) is 0 Å². The Morgan fingerprint density at radius 3 is 1.86 bits per heavy atom. The van der Waals surface area contributed by atoms with Gasteiger partial charge in [0.05, 0.1) is 23.0 Å². The molecule has 0 N–H and O–H groups in total. The van der Waals surface area contributed by atoms with Gasteiger partial charge in [-0.05, 0) is 60.5 Å². The van der Waals surface area contributed by atoms with Crippen LogP contribution in [0.3, 0.4) is 0 Å². The van der Waals surface area contributed by atoms with E-state index in [0.29, 0.717) is 23.1 Å². The number of hydrogen-bond acceptors (Lipinski definition) is 16. The summed E-state index contributed by atoms with van der Waals surface area (Å²) in [6.45, 7) is 0.930. The maximum absolute atomic E-state index is 10.6. The third kappa shape index (κ3) is 24.5. The summed E-state index contributed by atoms with van der Waals surface area (Å²) in [5.41, 5.74) is 0.00627. The number of nitrogens with zero attached hydrogens (tertiary/aromatic N) is 1. The van der Waals surface area contributed by atoms with E-state index in [-0.39, 0.29) is 43.7 Å². The molecule has 280 valence electrons. The minimum Gasteiger partial charge on any atom is -1.00 e. The number of rotatable bonds is 12. The Kier molecular flexibility index (Phi) is 36.1. The van der Waals surface area contributed by atoms with Crippen molar-refractivity contribution in [3.05, 3.63) is 94.0 Å².